The number of hydrogen-bond donors (Lipinski definition) is 0. The van der Waals surface area contributed by atoms with Crippen LogP contribution in [0.2, 0.25) is 0 Å². The van der Waals surface area contributed by atoms with Crippen LogP contribution in [-0.4, -0.2) is 10.2 Å². The van der Waals surface area contributed by atoms with Gasteiger partial charge in [-0.05, 0) is 29.3 Å². The van der Waals surface area contributed by atoms with Crippen LogP contribution in [0.3, 0.4) is 0 Å². The van der Waals surface area contributed by atoms with E-state index in [0.29, 0.717) is 0 Å². The van der Waals surface area contributed by atoms with Crippen molar-refractivity contribution in [3.63, 3.8) is 0 Å². The first-order chi connectivity index (χ1) is 7.34. The Hall–Kier alpha value is -1.48. The van der Waals surface area contributed by atoms with Gasteiger partial charge in [0.15, 0.2) is 0 Å². The Kier molecular flexibility index (Phi) is 3.25. The van der Waals surface area contributed by atoms with Gasteiger partial charge in [-0.1, -0.05) is 40.2 Å². The van der Waals surface area contributed by atoms with Crippen LogP contribution in [0.25, 0.3) is 12.2 Å². The van der Waals surface area contributed by atoms with E-state index >= 15 is 0 Å². The summed E-state index contributed by atoms with van der Waals surface area (Å²) in [6.45, 7) is 0. The zero-order chi connectivity index (χ0) is 10.5. The molecule has 2 aromatic rings. The highest BCUT2D eigenvalue weighted by atomic mass is 79.9. The van der Waals surface area contributed by atoms with Crippen molar-refractivity contribution in [2.75, 3.05) is 0 Å². The lowest BCUT2D eigenvalue weighted by Crippen LogP contribution is -1.78. The van der Waals surface area contributed by atoms with Crippen molar-refractivity contribution in [1.29, 1.82) is 0 Å². The first-order valence-electron chi connectivity index (χ1n) is 4.55. The molecule has 0 bridgehead atoms. The molecule has 0 saturated heterocycles. The normalized spacial score (nSPS) is 10.7. The molecule has 0 saturated carbocycles. The molecule has 0 aliphatic carbocycles. The molecule has 0 aliphatic rings. The van der Waals surface area contributed by atoms with Crippen molar-refractivity contribution in [3.8, 4) is 0 Å². The molecular formula is C12H9BrN2. The van der Waals surface area contributed by atoms with Crippen LogP contribution in [0.4, 0.5) is 0 Å². The zero-order valence-corrected chi connectivity index (χ0v) is 9.55. The highest BCUT2D eigenvalue weighted by Gasteiger charge is 1.89. The minimum Gasteiger partial charge on any atom is -0.159 e. The monoisotopic (exact) mass is 260 g/mol. The maximum atomic E-state index is 3.80. The Morgan fingerprint density at radius 1 is 1.00 bits per heavy atom. The van der Waals surface area contributed by atoms with Gasteiger partial charge in [0, 0.05) is 4.47 Å². The summed E-state index contributed by atoms with van der Waals surface area (Å²) in [6.07, 6.45) is 7.47. The smallest absolute Gasteiger partial charge is 0.0568 e. The zero-order valence-electron chi connectivity index (χ0n) is 7.97. The van der Waals surface area contributed by atoms with E-state index < -0.39 is 0 Å². The van der Waals surface area contributed by atoms with Crippen LogP contribution in [0.1, 0.15) is 11.1 Å². The Bertz CT molecular complexity index is 466. The van der Waals surface area contributed by atoms with Gasteiger partial charge in [0.05, 0.1) is 12.4 Å². The molecule has 0 atom stereocenters. The highest BCUT2D eigenvalue weighted by Crippen LogP contribution is 2.13. The summed E-state index contributed by atoms with van der Waals surface area (Å²) in [6, 6.07) is 10.0. The van der Waals surface area contributed by atoms with E-state index in [9.17, 15) is 0 Å². The van der Waals surface area contributed by atoms with E-state index in [4.69, 9.17) is 0 Å². The third kappa shape index (κ3) is 2.99. The molecule has 1 aromatic heterocycles. The van der Waals surface area contributed by atoms with Crippen LogP contribution in [0, 0.1) is 0 Å². The number of hydrogen-bond acceptors (Lipinski definition) is 2. The maximum absolute atomic E-state index is 3.80. The number of halogens is 1. The van der Waals surface area contributed by atoms with Gasteiger partial charge >= 0.3 is 0 Å². The first kappa shape index (κ1) is 10.1. The highest BCUT2D eigenvalue weighted by molar-refractivity contribution is 9.10. The summed E-state index contributed by atoms with van der Waals surface area (Å²) in [5, 5.41) is 7.53. The van der Waals surface area contributed by atoms with E-state index in [0.717, 1.165) is 15.6 Å². The predicted octanol–water partition coefficient (Wildman–Crippen LogP) is 3.41. The average Bonchev–Trinajstić information content (AvgIpc) is 2.28. The van der Waals surface area contributed by atoms with E-state index in [1.165, 1.54) is 0 Å². The Morgan fingerprint density at radius 3 is 2.60 bits per heavy atom. The number of rotatable bonds is 2. The third-order valence-corrected chi connectivity index (χ3v) is 2.42. The summed E-state index contributed by atoms with van der Waals surface area (Å²) in [7, 11) is 0. The molecule has 0 aliphatic heterocycles. The molecule has 0 unspecified atom stereocenters. The van der Waals surface area contributed by atoms with Gasteiger partial charge in [0.1, 0.15) is 0 Å². The van der Waals surface area contributed by atoms with Gasteiger partial charge in [-0.25, -0.2) is 0 Å². The molecule has 0 N–H and O–H groups in total. The Labute approximate surface area is 96.8 Å². The lowest BCUT2D eigenvalue weighted by Gasteiger charge is -1.94. The third-order valence-electron chi connectivity index (χ3n) is 1.92. The van der Waals surface area contributed by atoms with Gasteiger partial charge in [-0.2, -0.15) is 10.2 Å². The van der Waals surface area contributed by atoms with Crippen molar-refractivity contribution in [2.45, 2.75) is 0 Å². The van der Waals surface area contributed by atoms with Crippen molar-refractivity contribution >= 4 is 28.1 Å². The van der Waals surface area contributed by atoms with E-state index in [1.54, 1.807) is 12.4 Å². The van der Waals surface area contributed by atoms with Gasteiger partial charge < -0.3 is 0 Å². The van der Waals surface area contributed by atoms with Crippen LogP contribution in [0.15, 0.2) is 47.2 Å². The predicted molar refractivity (Wildman–Crippen MR) is 65.1 cm³/mol. The molecular weight excluding hydrogens is 252 g/mol. The average molecular weight is 261 g/mol. The molecule has 2 rings (SSSR count). The largest absolute Gasteiger partial charge is 0.159 e. The molecule has 15 heavy (non-hydrogen) atoms. The molecule has 0 fully saturated rings. The van der Waals surface area contributed by atoms with Crippen molar-refractivity contribution in [2.24, 2.45) is 0 Å². The quantitative estimate of drug-likeness (QED) is 0.827. The summed E-state index contributed by atoms with van der Waals surface area (Å²) >= 11 is 3.43. The summed E-state index contributed by atoms with van der Waals surface area (Å²) in [5.74, 6) is 0. The second-order valence-corrected chi connectivity index (χ2v) is 3.98. The molecule has 2 nitrogen and oxygen atoms in total. The molecule has 3 heteroatoms. The maximum Gasteiger partial charge on any atom is 0.0568 e. The molecule has 0 amide bonds. The van der Waals surface area contributed by atoms with Crippen LogP contribution >= 0.6 is 15.9 Å². The fourth-order valence-corrected chi connectivity index (χ4v) is 1.62. The number of benzene rings is 1. The summed E-state index contributed by atoms with van der Waals surface area (Å²) < 4.78 is 1.08. The molecule has 74 valence electrons. The Balaban J connectivity index is 2.19. The SMILES string of the molecule is Brc1cccc(/C=C/c2ccnnc2)c1. The van der Waals surface area contributed by atoms with Gasteiger partial charge in [-0.3, -0.25) is 0 Å². The topological polar surface area (TPSA) is 25.8 Å². The fourth-order valence-electron chi connectivity index (χ4n) is 1.20. The van der Waals surface area contributed by atoms with Crippen LogP contribution < -0.4 is 0 Å². The van der Waals surface area contributed by atoms with Crippen molar-refractivity contribution < 1.29 is 0 Å². The second kappa shape index (κ2) is 4.84. The van der Waals surface area contributed by atoms with Gasteiger partial charge in [0.25, 0.3) is 0 Å². The van der Waals surface area contributed by atoms with Crippen LogP contribution in [-0.2, 0) is 0 Å². The van der Waals surface area contributed by atoms with E-state index in [-0.39, 0.29) is 0 Å². The fraction of sp³-hybridized carbons (Fsp3) is 0. The Morgan fingerprint density at radius 2 is 1.87 bits per heavy atom. The second-order valence-electron chi connectivity index (χ2n) is 3.06. The van der Waals surface area contributed by atoms with Gasteiger partial charge in [-0.15, -0.1) is 0 Å². The lowest BCUT2D eigenvalue weighted by molar-refractivity contribution is 1.03. The van der Waals surface area contributed by atoms with E-state index in [2.05, 4.69) is 38.3 Å². The summed E-state index contributed by atoms with van der Waals surface area (Å²) in [4.78, 5) is 0. The number of nitrogens with zero attached hydrogens (tertiary/aromatic N) is 2. The summed E-state index contributed by atoms with van der Waals surface area (Å²) in [5.41, 5.74) is 2.20. The standard InChI is InChI=1S/C12H9BrN2/c13-12-3-1-2-10(8-12)4-5-11-6-7-14-15-9-11/h1-9H/b5-4+. The van der Waals surface area contributed by atoms with Gasteiger partial charge in [0.2, 0.25) is 0 Å². The molecule has 1 heterocycles. The minimum atomic E-state index is 1.05. The van der Waals surface area contributed by atoms with E-state index in [1.807, 2.05) is 30.4 Å². The lowest BCUT2D eigenvalue weighted by atomic mass is 10.2. The molecule has 0 radical (unpaired) electrons. The molecule has 0 spiro atoms. The first-order valence-corrected chi connectivity index (χ1v) is 5.34. The number of aromatic nitrogens is 2. The van der Waals surface area contributed by atoms with Crippen molar-refractivity contribution in [3.05, 3.63) is 58.3 Å². The van der Waals surface area contributed by atoms with Crippen LogP contribution in [0.5, 0.6) is 0 Å². The molecule has 1 aromatic carbocycles. The van der Waals surface area contributed by atoms with Crippen molar-refractivity contribution in [1.82, 2.24) is 10.2 Å². The minimum absolute atomic E-state index is 1.05.